The van der Waals surface area contributed by atoms with E-state index >= 15 is 0 Å². The molecular weight excluding hydrogens is 425 g/mol. The van der Waals surface area contributed by atoms with Gasteiger partial charge in [-0.1, -0.05) is 6.07 Å². The first kappa shape index (κ1) is 19.7. The number of methoxy groups -OCH3 is 1. The molecule has 168 valence electrons. The van der Waals surface area contributed by atoms with Crippen LogP contribution in [0.25, 0.3) is 22.4 Å². The Balaban J connectivity index is 1.38. The molecule has 10 heteroatoms. The number of fused-ring (bicyclic) bond motifs is 1. The monoisotopic (exact) mass is 447 g/mol. The molecule has 0 atom stereocenters. The second-order valence-corrected chi connectivity index (χ2v) is 8.47. The van der Waals surface area contributed by atoms with Gasteiger partial charge in [0.25, 0.3) is 0 Å². The number of aromatic amines is 1. The number of para-hydroxylation sites is 1. The van der Waals surface area contributed by atoms with Crippen LogP contribution in [0.2, 0.25) is 0 Å². The first-order valence-corrected chi connectivity index (χ1v) is 10.9. The summed E-state index contributed by atoms with van der Waals surface area (Å²) in [5.74, 6) is 0.961. The average molecular weight is 447 g/mol. The minimum Gasteiger partial charge on any atom is -0.494 e. The molecule has 0 radical (unpaired) electrons. The third kappa shape index (κ3) is 3.67. The second-order valence-electron chi connectivity index (χ2n) is 8.47. The van der Waals surface area contributed by atoms with Gasteiger partial charge in [-0.2, -0.15) is 5.10 Å². The van der Waals surface area contributed by atoms with Gasteiger partial charge in [0.2, 0.25) is 5.91 Å². The highest BCUT2D eigenvalue weighted by Gasteiger charge is 2.30. The van der Waals surface area contributed by atoms with Crippen LogP contribution in [-0.2, 0) is 4.79 Å². The van der Waals surface area contributed by atoms with Crippen LogP contribution in [0.1, 0.15) is 31.7 Å². The zero-order valence-corrected chi connectivity index (χ0v) is 17.9. The van der Waals surface area contributed by atoms with Crippen molar-refractivity contribution in [3.63, 3.8) is 0 Å². The second kappa shape index (κ2) is 7.58. The lowest BCUT2D eigenvalue weighted by molar-refractivity contribution is -0.117. The standard InChI is InChI=1S/C23H22FN7O2/c1-33-20-14(21-26-11-31(30-21)13-7-8-13)3-2-4-16(20)27-17-9-18(29-23(32)12-5-6-12)28-22-19(17)15(24)10-25-22/h2-4,9-13H,5-8H2,1H3,(H3,25,27,28,29,32). The summed E-state index contributed by atoms with van der Waals surface area (Å²) in [6.07, 6.45) is 6.97. The van der Waals surface area contributed by atoms with Crippen molar-refractivity contribution in [2.45, 2.75) is 31.7 Å². The van der Waals surface area contributed by atoms with Crippen LogP contribution in [0.4, 0.5) is 21.6 Å². The number of anilines is 3. The van der Waals surface area contributed by atoms with E-state index in [2.05, 4.69) is 30.7 Å². The Bertz CT molecular complexity index is 1370. The van der Waals surface area contributed by atoms with E-state index in [1.54, 1.807) is 19.5 Å². The molecule has 3 N–H and O–H groups in total. The van der Waals surface area contributed by atoms with Gasteiger partial charge in [0.15, 0.2) is 17.4 Å². The number of carbonyl (C=O) groups is 1. The SMILES string of the molecule is COc1c(Nc2cc(NC(=O)C3CC3)nc3[nH]cc(F)c23)cccc1-c1ncn(C2CC2)n1. The lowest BCUT2D eigenvalue weighted by Crippen LogP contribution is -2.14. The Labute approximate surface area is 188 Å². The number of hydrogen-bond acceptors (Lipinski definition) is 6. The van der Waals surface area contributed by atoms with Gasteiger partial charge < -0.3 is 20.4 Å². The van der Waals surface area contributed by atoms with E-state index in [9.17, 15) is 9.18 Å². The number of amides is 1. The quantitative estimate of drug-likeness (QED) is 0.387. The van der Waals surface area contributed by atoms with Crippen LogP contribution in [0.5, 0.6) is 5.75 Å². The lowest BCUT2D eigenvalue weighted by Gasteiger charge is -2.15. The highest BCUT2D eigenvalue weighted by Crippen LogP contribution is 2.40. The molecular formula is C23H22FN7O2. The van der Waals surface area contributed by atoms with Crippen LogP contribution >= 0.6 is 0 Å². The minimum atomic E-state index is -0.444. The number of hydrogen-bond donors (Lipinski definition) is 3. The van der Waals surface area contributed by atoms with Gasteiger partial charge in [0.05, 0.1) is 35.5 Å². The molecule has 0 bridgehead atoms. The van der Waals surface area contributed by atoms with E-state index < -0.39 is 5.82 Å². The van der Waals surface area contributed by atoms with Crippen molar-refractivity contribution in [3.8, 4) is 17.1 Å². The van der Waals surface area contributed by atoms with E-state index in [0.717, 1.165) is 31.2 Å². The van der Waals surface area contributed by atoms with E-state index in [0.29, 0.717) is 45.8 Å². The van der Waals surface area contributed by atoms with Gasteiger partial charge in [-0.25, -0.2) is 19.0 Å². The number of nitrogens with one attached hydrogen (secondary N) is 3. The Morgan fingerprint density at radius 3 is 2.85 bits per heavy atom. The molecule has 3 heterocycles. The van der Waals surface area contributed by atoms with Gasteiger partial charge in [-0.05, 0) is 37.8 Å². The normalized spacial score (nSPS) is 15.6. The average Bonchev–Trinajstić information content (AvgIpc) is 3.75. The van der Waals surface area contributed by atoms with E-state index in [4.69, 9.17) is 4.74 Å². The lowest BCUT2D eigenvalue weighted by atomic mass is 10.1. The molecule has 2 fully saturated rings. The highest BCUT2D eigenvalue weighted by atomic mass is 19.1. The largest absolute Gasteiger partial charge is 0.494 e. The molecule has 1 aromatic carbocycles. The van der Waals surface area contributed by atoms with Crippen LogP contribution in [-0.4, -0.2) is 37.7 Å². The molecule has 0 spiro atoms. The summed E-state index contributed by atoms with van der Waals surface area (Å²) in [6, 6.07) is 7.63. The molecule has 33 heavy (non-hydrogen) atoms. The maximum atomic E-state index is 14.6. The molecule has 6 rings (SSSR count). The maximum Gasteiger partial charge on any atom is 0.228 e. The number of carbonyl (C=O) groups excluding carboxylic acids is 1. The molecule has 4 aromatic rings. The van der Waals surface area contributed by atoms with Gasteiger partial charge in [0, 0.05) is 18.2 Å². The minimum absolute atomic E-state index is 0.0269. The summed E-state index contributed by atoms with van der Waals surface area (Å²) < 4.78 is 22.2. The van der Waals surface area contributed by atoms with Crippen LogP contribution in [0.15, 0.2) is 36.8 Å². The Kier molecular flexibility index (Phi) is 4.53. The number of H-pyrrole nitrogens is 1. The van der Waals surface area contributed by atoms with Crippen molar-refractivity contribution in [1.82, 2.24) is 24.7 Å². The zero-order chi connectivity index (χ0) is 22.5. The molecule has 0 unspecified atom stereocenters. The van der Waals surface area contributed by atoms with Crippen LogP contribution in [0.3, 0.4) is 0 Å². The third-order valence-corrected chi connectivity index (χ3v) is 5.95. The third-order valence-electron chi connectivity index (χ3n) is 5.95. The molecule has 9 nitrogen and oxygen atoms in total. The van der Waals surface area contributed by atoms with Gasteiger partial charge in [-0.3, -0.25) is 4.79 Å². The first-order valence-electron chi connectivity index (χ1n) is 10.9. The summed E-state index contributed by atoms with van der Waals surface area (Å²) in [4.78, 5) is 23.9. The molecule has 1 amide bonds. The molecule has 2 saturated carbocycles. The zero-order valence-electron chi connectivity index (χ0n) is 17.9. The number of nitrogens with zero attached hydrogens (tertiary/aromatic N) is 4. The van der Waals surface area contributed by atoms with Crippen molar-refractivity contribution in [2.75, 3.05) is 17.7 Å². The Morgan fingerprint density at radius 2 is 2.09 bits per heavy atom. The summed E-state index contributed by atoms with van der Waals surface area (Å²) in [5, 5.41) is 11.0. The predicted octanol–water partition coefficient (Wildman–Crippen LogP) is 4.40. The summed E-state index contributed by atoms with van der Waals surface area (Å²) in [5.41, 5.74) is 2.13. The fourth-order valence-electron chi connectivity index (χ4n) is 3.92. The smallest absolute Gasteiger partial charge is 0.228 e. The highest BCUT2D eigenvalue weighted by molar-refractivity contribution is 5.99. The predicted molar refractivity (Wildman–Crippen MR) is 121 cm³/mol. The van der Waals surface area contributed by atoms with E-state index in [1.165, 1.54) is 6.20 Å². The number of aromatic nitrogens is 5. The van der Waals surface area contributed by atoms with Gasteiger partial charge >= 0.3 is 0 Å². The topological polar surface area (TPSA) is 110 Å². The Hall–Kier alpha value is -3.95. The van der Waals surface area contributed by atoms with E-state index in [-0.39, 0.29) is 11.8 Å². The molecule has 0 saturated heterocycles. The van der Waals surface area contributed by atoms with Crippen molar-refractivity contribution in [2.24, 2.45) is 5.92 Å². The van der Waals surface area contributed by atoms with Crippen molar-refractivity contribution in [3.05, 3.63) is 42.6 Å². The van der Waals surface area contributed by atoms with Crippen molar-refractivity contribution in [1.29, 1.82) is 0 Å². The molecule has 3 aromatic heterocycles. The summed E-state index contributed by atoms with van der Waals surface area (Å²) in [6.45, 7) is 0. The number of rotatable bonds is 7. The summed E-state index contributed by atoms with van der Waals surface area (Å²) in [7, 11) is 1.57. The van der Waals surface area contributed by atoms with Gasteiger partial charge in [0.1, 0.15) is 17.8 Å². The van der Waals surface area contributed by atoms with Crippen LogP contribution in [0, 0.1) is 11.7 Å². The number of halogens is 1. The fourth-order valence-corrected chi connectivity index (χ4v) is 3.92. The van der Waals surface area contributed by atoms with Gasteiger partial charge in [-0.15, -0.1) is 0 Å². The summed E-state index contributed by atoms with van der Waals surface area (Å²) >= 11 is 0. The maximum absolute atomic E-state index is 14.6. The molecule has 0 aliphatic heterocycles. The molecule has 2 aliphatic carbocycles. The van der Waals surface area contributed by atoms with E-state index in [1.807, 2.05) is 22.9 Å². The molecule has 2 aliphatic rings. The fraction of sp³-hybridized carbons (Fsp3) is 0.304. The van der Waals surface area contributed by atoms with Crippen molar-refractivity contribution >= 4 is 34.1 Å². The van der Waals surface area contributed by atoms with Crippen molar-refractivity contribution < 1.29 is 13.9 Å². The van der Waals surface area contributed by atoms with Crippen LogP contribution < -0.4 is 15.4 Å². The number of ether oxygens (including phenoxy) is 1. The first-order chi connectivity index (χ1) is 16.1. The Morgan fingerprint density at radius 1 is 1.24 bits per heavy atom. The number of pyridine rings is 1. The number of benzene rings is 1.